The van der Waals surface area contributed by atoms with Crippen molar-refractivity contribution in [3.05, 3.63) is 35.7 Å². The highest BCUT2D eigenvalue weighted by Gasteiger charge is 2.27. The first-order valence-electron chi connectivity index (χ1n) is 9.39. The number of amides is 1. The van der Waals surface area contributed by atoms with E-state index in [0.717, 1.165) is 5.56 Å². The minimum absolute atomic E-state index is 0.0496. The Kier molecular flexibility index (Phi) is 6.86. The van der Waals surface area contributed by atoms with E-state index in [2.05, 4.69) is 19.8 Å². The van der Waals surface area contributed by atoms with Gasteiger partial charge in [0.2, 0.25) is 0 Å². The van der Waals surface area contributed by atoms with Gasteiger partial charge >= 0.3 is 6.18 Å². The van der Waals surface area contributed by atoms with Crippen LogP contribution in [0.4, 0.5) is 13.2 Å². The number of halogens is 3. The van der Waals surface area contributed by atoms with E-state index in [0.29, 0.717) is 56.4 Å². The molecule has 2 heterocycles. The first kappa shape index (κ1) is 21.3. The minimum Gasteiger partial charge on any atom is -0.372 e. The molecule has 1 saturated heterocycles. The van der Waals surface area contributed by atoms with Gasteiger partial charge in [-0.2, -0.15) is 18.2 Å². The number of carbonyl (C=O) groups is 1. The fourth-order valence-corrected chi connectivity index (χ4v) is 3.10. The van der Waals surface area contributed by atoms with E-state index < -0.39 is 12.8 Å². The molecule has 10 heteroatoms. The number of ether oxygens (including phenoxy) is 1. The van der Waals surface area contributed by atoms with E-state index in [1.165, 1.54) is 0 Å². The van der Waals surface area contributed by atoms with Crippen molar-refractivity contribution in [3.8, 4) is 11.5 Å². The zero-order valence-corrected chi connectivity index (χ0v) is 16.1. The average Bonchev–Trinajstić information content (AvgIpc) is 3.13. The fourth-order valence-electron chi connectivity index (χ4n) is 3.10. The highest BCUT2D eigenvalue weighted by molar-refractivity contribution is 5.94. The van der Waals surface area contributed by atoms with Crippen LogP contribution in [0.3, 0.4) is 0 Å². The maximum atomic E-state index is 12.7. The first-order valence-corrected chi connectivity index (χ1v) is 9.39. The highest BCUT2D eigenvalue weighted by Crippen LogP contribution is 2.19. The lowest BCUT2D eigenvalue weighted by molar-refractivity contribution is -0.174. The zero-order valence-electron chi connectivity index (χ0n) is 16.1. The third-order valence-corrected chi connectivity index (χ3v) is 4.59. The van der Waals surface area contributed by atoms with Crippen LogP contribution in [0.2, 0.25) is 0 Å². The van der Waals surface area contributed by atoms with E-state index in [1.807, 2.05) is 0 Å². The second-order valence-corrected chi connectivity index (χ2v) is 6.88. The molecule has 1 aromatic carbocycles. The largest absolute Gasteiger partial charge is 0.411 e. The van der Waals surface area contributed by atoms with Crippen LogP contribution in [0.25, 0.3) is 11.5 Å². The monoisotopic (exact) mass is 412 g/mol. The Morgan fingerprint density at radius 3 is 2.45 bits per heavy atom. The van der Waals surface area contributed by atoms with Gasteiger partial charge in [-0.3, -0.25) is 9.69 Å². The number of aryl methyl sites for hydroxylation is 1. The zero-order chi connectivity index (χ0) is 20.9. The van der Waals surface area contributed by atoms with Crippen LogP contribution in [0, 0.1) is 6.92 Å². The number of rotatable bonds is 7. The van der Waals surface area contributed by atoms with Crippen LogP contribution in [-0.2, 0) is 4.74 Å². The lowest BCUT2D eigenvalue weighted by Crippen LogP contribution is -2.49. The molecule has 1 fully saturated rings. The topological polar surface area (TPSA) is 71.7 Å². The Morgan fingerprint density at radius 2 is 1.86 bits per heavy atom. The number of nitrogens with zero attached hydrogens (tertiary/aromatic N) is 4. The van der Waals surface area contributed by atoms with Crippen molar-refractivity contribution in [1.82, 2.24) is 19.9 Å². The van der Waals surface area contributed by atoms with Gasteiger partial charge < -0.3 is 14.2 Å². The summed E-state index contributed by atoms with van der Waals surface area (Å²) in [5, 5.41) is 3.75. The molecule has 0 unspecified atom stereocenters. The number of alkyl halides is 3. The maximum absolute atomic E-state index is 12.7. The SMILES string of the molecule is Cc1noc(-c2ccc(C(=O)N3CCN(CCCOCC(F)(F)F)CC3)cc2)n1. The smallest absolute Gasteiger partial charge is 0.372 e. The summed E-state index contributed by atoms with van der Waals surface area (Å²) in [5.74, 6) is 0.908. The molecular formula is C19H23F3N4O3. The van der Waals surface area contributed by atoms with Crippen molar-refractivity contribution in [1.29, 1.82) is 0 Å². The molecule has 0 saturated carbocycles. The molecule has 0 bridgehead atoms. The summed E-state index contributed by atoms with van der Waals surface area (Å²) in [6, 6.07) is 7.03. The van der Waals surface area contributed by atoms with Gasteiger partial charge in [-0.05, 0) is 37.6 Å². The Labute approximate surface area is 166 Å². The molecule has 0 atom stereocenters. The maximum Gasteiger partial charge on any atom is 0.411 e. The number of piperazine rings is 1. The number of hydrogen-bond acceptors (Lipinski definition) is 6. The second kappa shape index (κ2) is 9.36. The molecule has 29 heavy (non-hydrogen) atoms. The lowest BCUT2D eigenvalue weighted by atomic mass is 10.1. The summed E-state index contributed by atoms with van der Waals surface area (Å²) in [7, 11) is 0. The van der Waals surface area contributed by atoms with Gasteiger partial charge in [0, 0.05) is 50.5 Å². The fraction of sp³-hybridized carbons (Fsp3) is 0.526. The predicted molar refractivity (Wildman–Crippen MR) is 98.3 cm³/mol. The van der Waals surface area contributed by atoms with Crippen LogP contribution >= 0.6 is 0 Å². The molecule has 1 aliphatic heterocycles. The number of carbonyl (C=O) groups excluding carboxylic acids is 1. The van der Waals surface area contributed by atoms with Crippen LogP contribution < -0.4 is 0 Å². The Morgan fingerprint density at radius 1 is 1.17 bits per heavy atom. The van der Waals surface area contributed by atoms with Gasteiger partial charge in [-0.1, -0.05) is 5.16 Å². The van der Waals surface area contributed by atoms with Crippen LogP contribution in [0.1, 0.15) is 22.6 Å². The summed E-state index contributed by atoms with van der Waals surface area (Å²) in [5.41, 5.74) is 1.33. The molecule has 1 amide bonds. The van der Waals surface area contributed by atoms with Crippen molar-refractivity contribution in [2.75, 3.05) is 45.9 Å². The molecule has 0 N–H and O–H groups in total. The molecule has 0 aliphatic carbocycles. The summed E-state index contributed by atoms with van der Waals surface area (Å²) in [4.78, 5) is 20.7. The van der Waals surface area contributed by atoms with Gasteiger partial charge in [0.1, 0.15) is 6.61 Å². The van der Waals surface area contributed by atoms with Crippen LogP contribution in [-0.4, -0.2) is 78.0 Å². The van der Waals surface area contributed by atoms with Crippen molar-refractivity contribution in [2.24, 2.45) is 0 Å². The molecule has 3 rings (SSSR count). The minimum atomic E-state index is -4.28. The Balaban J connectivity index is 1.42. The lowest BCUT2D eigenvalue weighted by Gasteiger charge is -2.34. The summed E-state index contributed by atoms with van der Waals surface area (Å²) >= 11 is 0. The van der Waals surface area contributed by atoms with Crippen LogP contribution in [0.15, 0.2) is 28.8 Å². The van der Waals surface area contributed by atoms with Gasteiger partial charge in [0.25, 0.3) is 11.8 Å². The summed E-state index contributed by atoms with van der Waals surface area (Å²) < 4.78 is 45.8. The quantitative estimate of drug-likeness (QED) is 0.652. The standard InChI is InChI=1S/C19H23F3N4O3/c1-14-23-17(29-24-14)15-3-5-16(6-4-15)18(27)26-10-8-25(9-11-26)7-2-12-28-13-19(20,21)22/h3-6H,2,7-13H2,1H3. The van der Waals surface area contributed by atoms with E-state index in [1.54, 1.807) is 36.1 Å². The normalized spacial score (nSPS) is 15.7. The van der Waals surface area contributed by atoms with Crippen molar-refractivity contribution in [3.63, 3.8) is 0 Å². The van der Waals surface area contributed by atoms with E-state index >= 15 is 0 Å². The average molecular weight is 412 g/mol. The van der Waals surface area contributed by atoms with Crippen molar-refractivity contribution in [2.45, 2.75) is 19.5 Å². The number of benzene rings is 1. The molecule has 1 aliphatic rings. The van der Waals surface area contributed by atoms with Gasteiger partial charge in [-0.15, -0.1) is 0 Å². The van der Waals surface area contributed by atoms with Gasteiger partial charge in [-0.25, -0.2) is 0 Å². The molecule has 0 spiro atoms. The van der Waals surface area contributed by atoms with E-state index in [4.69, 9.17) is 4.52 Å². The van der Waals surface area contributed by atoms with E-state index in [-0.39, 0.29) is 12.5 Å². The summed E-state index contributed by atoms with van der Waals surface area (Å²) in [6.07, 6.45) is -3.75. The number of aromatic nitrogens is 2. The molecule has 1 aromatic heterocycles. The first-order chi connectivity index (χ1) is 13.8. The van der Waals surface area contributed by atoms with E-state index in [9.17, 15) is 18.0 Å². The Bertz CT molecular complexity index is 800. The third kappa shape index (κ3) is 6.26. The second-order valence-electron chi connectivity index (χ2n) is 6.88. The molecule has 0 radical (unpaired) electrons. The molecule has 158 valence electrons. The van der Waals surface area contributed by atoms with Crippen LogP contribution in [0.5, 0.6) is 0 Å². The van der Waals surface area contributed by atoms with Crippen molar-refractivity contribution >= 4 is 5.91 Å². The summed E-state index contributed by atoms with van der Waals surface area (Å²) in [6.45, 7) is 3.78. The highest BCUT2D eigenvalue weighted by atomic mass is 19.4. The molecule has 2 aromatic rings. The predicted octanol–water partition coefficient (Wildman–Crippen LogP) is 2.77. The molecular weight excluding hydrogens is 389 g/mol. The third-order valence-electron chi connectivity index (χ3n) is 4.59. The Hall–Kier alpha value is -2.46. The molecule has 7 nitrogen and oxygen atoms in total. The van der Waals surface area contributed by atoms with Gasteiger partial charge in [0.05, 0.1) is 0 Å². The van der Waals surface area contributed by atoms with Gasteiger partial charge in [0.15, 0.2) is 5.82 Å². The number of hydrogen-bond donors (Lipinski definition) is 0. The van der Waals surface area contributed by atoms with Crippen molar-refractivity contribution < 1.29 is 27.2 Å².